The Bertz CT molecular complexity index is 1170. The molecule has 0 radical (unpaired) electrons. The average Bonchev–Trinajstić information content (AvgIpc) is 3.05. The van der Waals surface area contributed by atoms with Gasteiger partial charge >= 0.3 is 0 Å². The number of hydrogen-bond acceptors (Lipinski definition) is 6. The second kappa shape index (κ2) is 8.45. The molecule has 0 aromatic heterocycles. The molecule has 1 N–H and O–H groups in total. The minimum atomic E-state index is -3.76. The molecule has 3 amide bonds. The van der Waals surface area contributed by atoms with E-state index in [1.165, 1.54) is 17.3 Å². The lowest BCUT2D eigenvalue weighted by molar-refractivity contribution is -0.119. The molecule has 10 heteroatoms. The van der Waals surface area contributed by atoms with Gasteiger partial charge in [-0.3, -0.25) is 19.3 Å². The topological polar surface area (TPSA) is 113 Å². The van der Waals surface area contributed by atoms with Crippen LogP contribution in [0.5, 0.6) is 0 Å². The van der Waals surface area contributed by atoms with Crippen LogP contribution in [0, 0.1) is 6.92 Å². The maximum Gasteiger partial charge on any atom is 0.262 e. The molecule has 168 valence electrons. The van der Waals surface area contributed by atoms with Gasteiger partial charge < -0.3 is 10.1 Å². The van der Waals surface area contributed by atoms with Crippen molar-refractivity contribution in [1.29, 1.82) is 0 Å². The zero-order valence-electron chi connectivity index (χ0n) is 17.7. The normalized spacial score (nSPS) is 17.9. The van der Waals surface area contributed by atoms with E-state index in [2.05, 4.69) is 5.32 Å². The number of nitrogens with one attached hydrogen (secondary N) is 1. The van der Waals surface area contributed by atoms with Crippen molar-refractivity contribution in [2.24, 2.45) is 0 Å². The highest BCUT2D eigenvalue weighted by Gasteiger charge is 2.40. The SMILES string of the molecule is Cc1ccc(NC(=O)[C@H](C)N2C(=O)c3ccccc3C2=O)cc1S(=O)(=O)N1CCOCC1. The van der Waals surface area contributed by atoms with Crippen LogP contribution in [0.15, 0.2) is 47.4 Å². The molecule has 2 aliphatic rings. The number of hydrogen-bond donors (Lipinski definition) is 1. The zero-order valence-corrected chi connectivity index (χ0v) is 18.5. The minimum absolute atomic E-state index is 0.0885. The van der Waals surface area contributed by atoms with Gasteiger partial charge in [0.05, 0.1) is 29.2 Å². The molecular weight excluding hydrogens is 434 g/mol. The van der Waals surface area contributed by atoms with Crippen molar-refractivity contribution in [2.45, 2.75) is 24.8 Å². The predicted octanol–water partition coefficient (Wildman–Crippen LogP) is 1.64. The molecule has 0 unspecified atom stereocenters. The van der Waals surface area contributed by atoms with Crippen LogP contribution in [0.3, 0.4) is 0 Å². The summed E-state index contributed by atoms with van der Waals surface area (Å²) in [7, 11) is -3.76. The Hall–Kier alpha value is -3.08. The van der Waals surface area contributed by atoms with Crippen LogP contribution < -0.4 is 5.32 Å². The molecule has 32 heavy (non-hydrogen) atoms. The van der Waals surface area contributed by atoms with E-state index in [-0.39, 0.29) is 34.8 Å². The summed E-state index contributed by atoms with van der Waals surface area (Å²) in [5, 5.41) is 2.64. The van der Waals surface area contributed by atoms with Crippen molar-refractivity contribution in [3.05, 3.63) is 59.2 Å². The first-order chi connectivity index (χ1) is 15.2. The monoisotopic (exact) mass is 457 g/mol. The largest absolute Gasteiger partial charge is 0.379 e. The lowest BCUT2D eigenvalue weighted by atomic mass is 10.1. The minimum Gasteiger partial charge on any atom is -0.379 e. The average molecular weight is 458 g/mol. The van der Waals surface area contributed by atoms with Crippen molar-refractivity contribution in [2.75, 3.05) is 31.6 Å². The third-order valence-electron chi connectivity index (χ3n) is 5.64. The number of carbonyl (C=O) groups excluding carboxylic acids is 3. The molecule has 2 aromatic rings. The van der Waals surface area contributed by atoms with Crippen LogP contribution in [-0.2, 0) is 19.6 Å². The number of nitrogens with zero attached hydrogens (tertiary/aromatic N) is 2. The van der Waals surface area contributed by atoms with Gasteiger partial charge in [0.25, 0.3) is 11.8 Å². The van der Waals surface area contributed by atoms with Crippen molar-refractivity contribution >= 4 is 33.4 Å². The smallest absolute Gasteiger partial charge is 0.262 e. The molecule has 2 aromatic carbocycles. The number of fused-ring (bicyclic) bond motifs is 1. The number of morpholine rings is 1. The fourth-order valence-electron chi connectivity index (χ4n) is 3.81. The third-order valence-corrected chi connectivity index (χ3v) is 7.68. The quantitative estimate of drug-likeness (QED) is 0.683. The molecule has 1 atom stereocenters. The molecule has 2 aliphatic heterocycles. The molecule has 0 spiro atoms. The van der Waals surface area contributed by atoms with E-state index in [1.54, 1.807) is 43.3 Å². The number of imide groups is 1. The van der Waals surface area contributed by atoms with Crippen molar-refractivity contribution in [1.82, 2.24) is 9.21 Å². The second-order valence-corrected chi connectivity index (χ2v) is 9.59. The van der Waals surface area contributed by atoms with Crippen LogP contribution in [0.25, 0.3) is 0 Å². The van der Waals surface area contributed by atoms with Gasteiger partial charge in [0.1, 0.15) is 6.04 Å². The van der Waals surface area contributed by atoms with Gasteiger partial charge in [-0.25, -0.2) is 8.42 Å². The number of benzene rings is 2. The van der Waals surface area contributed by atoms with E-state index in [1.807, 2.05) is 0 Å². The summed E-state index contributed by atoms with van der Waals surface area (Å²) in [6.07, 6.45) is 0. The van der Waals surface area contributed by atoms with Gasteiger partial charge in [-0.05, 0) is 43.7 Å². The van der Waals surface area contributed by atoms with Crippen molar-refractivity contribution in [3.63, 3.8) is 0 Å². The maximum absolute atomic E-state index is 13.1. The Morgan fingerprint density at radius 3 is 2.22 bits per heavy atom. The number of rotatable bonds is 5. The highest BCUT2D eigenvalue weighted by atomic mass is 32.2. The summed E-state index contributed by atoms with van der Waals surface area (Å²) in [5.41, 5.74) is 1.32. The Kier molecular flexibility index (Phi) is 5.85. The predicted molar refractivity (Wildman–Crippen MR) is 116 cm³/mol. The first-order valence-corrected chi connectivity index (χ1v) is 11.6. The standard InChI is InChI=1S/C22H23N3O6S/c1-14-7-8-16(13-19(14)32(29,30)24-9-11-31-12-10-24)23-20(26)15(2)25-21(27)17-5-3-4-6-18(17)22(25)28/h3-8,13,15H,9-12H2,1-2H3,(H,23,26)/t15-/m0/s1. The van der Waals surface area contributed by atoms with Gasteiger partial charge in [-0.15, -0.1) is 0 Å². The zero-order chi connectivity index (χ0) is 23.0. The third kappa shape index (κ3) is 3.81. The molecule has 1 saturated heterocycles. The van der Waals surface area contributed by atoms with E-state index in [0.29, 0.717) is 18.8 Å². The van der Waals surface area contributed by atoms with Crippen LogP contribution >= 0.6 is 0 Å². The molecule has 0 bridgehead atoms. The lowest BCUT2D eigenvalue weighted by Gasteiger charge is -2.27. The molecule has 4 rings (SSSR count). The van der Waals surface area contributed by atoms with Crippen LogP contribution in [0.2, 0.25) is 0 Å². The highest BCUT2D eigenvalue weighted by molar-refractivity contribution is 7.89. The molecule has 2 heterocycles. The van der Waals surface area contributed by atoms with Crippen LogP contribution in [0.1, 0.15) is 33.2 Å². The maximum atomic E-state index is 13.1. The first-order valence-electron chi connectivity index (χ1n) is 10.2. The van der Waals surface area contributed by atoms with Crippen molar-refractivity contribution in [3.8, 4) is 0 Å². The van der Waals surface area contributed by atoms with Gasteiger partial charge in [-0.2, -0.15) is 4.31 Å². The van der Waals surface area contributed by atoms with Crippen LogP contribution in [0.4, 0.5) is 5.69 Å². The van der Waals surface area contributed by atoms with Crippen LogP contribution in [-0.4, -0.2) is 67.7 Å². The fourth-order valence-corrected chi connectivity index (χ4v) is 5.46. The summed E-state index contributed by atoms with van der Waals surface area (Å²) in [4.78, 5) is 39.1. The van der Waals surface area contributed by atoms with E-state index >= 15 is 0 Å². The summed E-state index contributed by atoms with van der Waals surface area (Å²) >= 11 is 0. The number of carbonyl (C=O) groups is 3. The summed E-state index contributed by atoms with van der Waals surface area (Å²) < 4.78 is 32.7. The molecule has 1 fully saturated rings. The van der Waals surface area contributed by atoms with Gasteiger partial charge in [0, 0.05) is 18.8 Å². The molecular formula is C22H23N3O6S. The van der Waals surface area contributed by atoms with Gasteiger partial charge in [0.15, 0.2) is 0 Å². The Labute approximate surface area is 186 Å². The summed E-state index contributed by atoms with van der Waals surface area (Å²) in [6, 6.07) is 9.90. The summed E-state index contributed by atoms with van der Waals surface area (Å²) in [6.45, 7) is 4.31. The van der Waals surface area contributed by atoms with E-state index < -0.39 is 33.8 Å². The Morgan fingerprint density at radius 2 is 1.62 bits per heavy atom. The number of sulfonamides is 1. The Balaban J connectivity index is 1.55. The second-order valence-electron chi connectivity index (χ2n) is 7.69. The number of anilines is 1. The lowest BCUT2D eigenvalue weighted by Crippen LogP contribution is -2.45. The first kappa shape index (κ1) is 22.1. The van der Waals surface area contributed by atoms with E-state index in [9.17, 15) is 22.8 Å². The molecule has 0 saturated carbocycles. The van der Waals surface area contributed by atoms with Gasteiger partial charge in [0.2, 0.25) is 15.9 Å². The van der Waals surface area contributed by atoms with E-state index in [0.717, 1.165) is 4.90 Å². The van der Waals surface area contributed by atoms with E-state index in [4.69, 9.17) is 4.74 Å². The van der Waals surface area contributed by atoms with Gasteiger partial charge in [-0.1, -0.05) is 18.2 Å². The number of ether oxygens (including phenoxy) is 1. The highest BCUT2D eigenvalue weighted by Crippen LogP contribution is 2.27. The molecule has 0 aliphatic carbocycles. The van der Waals surface area contributed by atoms with Crippen molar-refractivity contribution < 1.29 is 27.5 Å². The molecule has 9 nitrogen and oxygen atoms in total. The number of amides is 3. The Morgan fingerprint density at radius 1 is 1.03 bits per heavy atom. The summed E-state index contributed by atoms with van der Waals surface area (Å²) in [5.74, 6) is -1.67. The fraction of sp³-hybridized carbons (Fsp3) is 0.318. The number of aryl methyl sites for hydroxylation is 1.